The molecule has 0 aliphatic rings. The summed E-state index contributed by atoms with van der Waals surface area (Å²) in [5, 5.41) is 16.7. The summed E-state index contributed by atoms with van der Waals surface area (Å²) in [5.41, 5.74) is 12.8. The Morgan fingerprint density at radius 3 is 1.35 bits per heavy atom. The van der Waals surface area contributed by atoms with E-state index < -0.39 is 0 Å². The zero-order valence-electron chi connectivity index (χ0n) is 34.8. The average Bonchev–Trinajstić information content (AvgIpc) is 4.03. The second-order valence-electron chi connectivity index (χ2n) is 16.3. The van der Waals surface area contributed by atoms with E-state index in [-0.39, 0.29) is 0 Å². The van der Waals surface area contributed by atoms with E-state index in [1.54, 1.807) is 12.1 Å². The molecule has 302 valence electrons. The number of hydrogen-bond donors (Lipinski definition) is 0. The van der Waals surface area contributed by atoms with Gasteiger partial charge in [-0.15, -0.1) is 0 Å². The van der Waals surface area contributed by atoms with Crippen LogP contribution in [-0.4, -0.2) is 28.7 Å². The molecule has 4 heterocycles. The third kappa shape index (κ3) is 5.58. The van der Waals surface area contributed by atoms with Gasteiger partial charge >= 0.3 is 0 Å². The molecule has 0 N–H and O–H groups in total. The quantitative estimate of drug-likeness (QED) is 0.167. The number of para-hydroxylation sites is 6. The maximum atomic E-state index is 9.61. The highest BCUT2D eigenvalue weighted by molar-refractivity contribution is 6.19. The van der Waals surface area contributed by atoms with Crippen molar-refractivity contribution in [2.45, 2.75) is 0 Å². The van der Waals surface area contributed by atoms with Gasteiger partial charge < -0.3 is 13.7 Å². The summed E-state index contributed by atoms with van der Waals surface area (Å²) in [7, 11) is 0. The SMILES string of the molecule is N#Cc1ccc(-c2nc(-c3ccccc3)nc(-c3ccccc3-n3c4cccc(-n5c6ccccc6c6ccccc65)c4c4cccc(-n5c6ccccc6c6ccccc65)c43)n2)cc1. The van der Waals surface area contributed by atoms with Crippen molar-refractivity contribution >= 4 is 65.4 Å². The first-order valence-electron chi connectivity index (χ1n) is 21.7. The van der Waals surface area contributed by atoms with Crippen molar-refractivity contribution in [3.05, 3.63) is 218 Å². The minimum absolute atomic E-state index is 0.523. The summed E-state index contributed by atoms with van der Waals surface area (Å²) >= 11 is 0. The molecule has 13 aromatic rings. The molecule has 0 amide bonds. The van der Waals surface area contributed by atoms with Crippen molar-refractivity contribution < 1.29 is 0 Å². The van der Waals surface area contributed by atoms with Crippen LogP contribution in [0.4, 0.5) is 0 Å². The minimum Gasteiger partial charge on any atom is -0.309 e. The van der Waals surface area contributed by atoms with Gasteiger partial charge in [-0.2, -0.15) is 5.26 Å². The second-order valence-corrected chi connectivity index (χ2v) is 16.3. The van der Waals surface area contributed by atoms with Crippen LogP contribution in [0.25, 0.3) is 117 Å². The van der Waals surface area contributed by atoms with Gasteiger partial charge in [0.1, 0.15) is 0 Å². The summed E-state index contributed by atoms with van der Waals surface area (Å²) in [6, 6.07) is 76.3. The fourth-order valence-corrected chi connectivity index (χ4v) is 9.95. The van der Waals surface area contributed by atoms with Crippen molar-refractivity contribution in [3.8, 4) is 57.3 Å². The van der Waals surface area contributed by atoms with Crippen LogP contribution in [0.15, 0.2) is 212 Å². The predicted octanol–water partition coefficient (Wildman–Crippen LogP) is 14.0. The summed E-state index contributed by atoms with van der Waals surface area (Å²) in [4.78, 5) is 15.5. The molecular weight excluding hydrogens is 795 g/mol. The van der Waals surface area contributed by atoms with Crippen LogP contribution < -0.4 is 0 Å². The summed E-state index contributed by atoms with van der Waals surface area (Å²) in [5.74, 6) is 1.62. The van der Waals surface area contributed by atoms with Gasteiger partial charge in [-0.3, -0.25) is 0 Å². The fraction of sp³-hybridized carbons (Fsp3) is 0. The van der Waals surface area contributed by atoms with Gasteiger partial charge in [0.25, 0.3) is 0 Å². The standard InChI is InChI=1S/C58H35N7/c59-36-37-32-34-39(35-33-37)57-60-56(38-16-2-1-3-17-38)61-58(62-57)44-22-8-13-28-50(44)65-52-30-15-29-51(63-46-24-9-4-18-40(46)41-19-5-10-25-47(41)63)54(52)45-23-14-31-53(55(45)65)64-48-26-11-6-20-42(48)43-21-7-12-27-49(43)64/h1-35H. The topological polar surface area (TPSA) is 77.2 Å². The number of nitrogens with zero attached hydrogens (tertiary/aromatic N) is 7. The summed E-state index contributed by atoms with van der Waals surface area (Å²) < 4.78 is 7.27. The number of nitriles is 1. The Balaban J connectivity index is 1.17. The van der Waals surface area contributed by atoms with Crippen molar-refractivity contribution in [3.63, 3.8) is 0 Å². The largest absolute Gasteiger partial charge is 0.309 e. The normalized spacial score (nSPS) is 11.7. The third-order valence-corrected chi connectivity index (χ3v) is 12.7. The van der Waals surface area contributed by atoms with Crippen LogP contribution in [0, 0.1) is 11.3 Å². The first kappa shape index (κ1) is 36.5. The summed E-state index contributed by atoms with van der Waals surface area (Å²) in [6.45, 7) is 0. The smallest absolute Gasteiger partial charge is 0.166 e. The van der Waals surface area contributed by atoms with E-state index in [0.717, 1.165) is 77.6 Å². The molecule has 9 aromatic carbocycles. The maximum absolute atomic E-state index is 9.61. The van der Waals surface area contributed by atoms with Gasteiger partial charge in [0, 0.05) is 49.0 Å². The highest BCUT2D eigenvalue weighted by Gasteiger charge is 2.25. The zero-order chi connectivity index (χ0) is 43.0. The number of fused-ring (bicyclic) bond motifs is 9. The van der Waals surface area contributed by atoms with Crippen LogP contribution in [0.2, 0.25) is 0 Å². The molecule has 65 heavy (non-hydrogen) atoms. The number of rotatable bonds is 6. The van der Waals surface area contributed by atoms with E-state index in [9.17, 15) is 5.26 Å². The van der Waals surface area contributed by atoms with Crippen molar-refractivity contribution in [2.75, 3.05) is 0 Å². The molecule has 0 aliphatic carbocycles. The van der Waals surface area contributed by atoms with E-state index in [0.29, 0.717) is 23.0 Å². The molecule has 0 unspecified atom stereocenters. The van der Waals surface area contributed by atoms with Gasteiger partial charge in [0.2, 0.25) is 0 Å². The van der Waals surface area contributed by atoms with E-state index in [4.69, 9.17) is 15.0 Å². The molecule has 7 heteroatoms. The van der Waals surface area contributed by atoms with Crippen molar-refractivity contribution in [1.82, 2.24) is 28.7 Å². The molecule has 4 aromatic heterocycles. The Morgan fingerprint density at radius 1 is 0.323 bits per heavy atom. The lowest BCUT2D eigenvalue weighted by Gasteiger charge is -2.17. The second kappa shape index (κ2) is 14.5. The predicted molar refractivity (Wildman–Crippen MR) is 264 cm³/mol. The highest BCUT2D eigenvalue weighted by atomic mass is 15.1. The molecule has 7 nitrogen and oxygen atoms in total. The van der Waals surface area contributed by atoms with E-state index in [1.807, 2.05) is 42.5 Å². The van der Waals surface area contributed by atoms with Gasteiger partial charge in [-0.05, 0) is 78.9 Å². The molecule has 0 saturated carbocycles. The van der Waals surface area contributed by atoms with Crippen LogP contribution in [0.1, 0.15) is 5.56 Å². The molecule has 0 atom stereocenters. The molecule has 0 spiro atoms. The summed E-state index contributed by atoms with van der Waals surface area (Å²) in [6.07, 6.45) is 0. The number of benzene rings is 9. The monoisotopic (exact) mass is 829 g/mol. The third-order valence-electron chi connectivity index (χ3n) is 12.7. The fourth-order valence-electron chi connectivity index (χ4n) is 9.95. The van der Waals surface area contributed by atoms with Gasteiger partial charge in [0.05, 0.1) is 61.8 Å². The zero-order valence-corrected chi connectivity index (χ0v) is 34.8. The lowest BCUT2D eigenvalue weighted by Crippen LogP contribution is -2.05. The molecule has 0 bridgehead atoms. The minimum atomic E-state index is 0.523. The van der Waals surface area contributed by atoms with E-state index in [1.165, 1.54) is 21.5 Å². The van der Waals surface area contributed by atoms with Crippen LogP contribution in [0.5, 0.6) is 0 Å². The molecular formula is C58H35N7. The molecule has 13 rings (SSSR count). The molecule has 0 fully saturated rings. The van der Waals surface area contributed by atoms with Crippen LogP contribution in [-0.2, 0) is 0 Å². The Morgan fingerprint density at radius 2 is 0.754 bits per heavy atom. The Labute approximate surface area is 373 Å². The van der Waals surface area contributed by atoms with E-state index in [2.05, 4.69) is 177 Å². The van der Waals surface area contributed by atoms with Crippen LogP contribution >= 0.6 is 0 Å². The van der Waals surface area contributed by atoms with Gasteiger partial charge in [-0.1, -0.05) is 133 Å². The van der Waals surface area contributed by atoms with Crippen molar-refractivity contribution in [1.29, 1.82) is 5.26 Å². The number of aromatic nitrogens is 6. The van der Waals surface area contributed by atoms with E-state index >= 15 is 0 Å². The Bertz CT molecular complexity index is 3970. The lowest BCUT2D eigenvalue weighted by atomic mass is 10.1. The van der Waals surface area contributed by atoms with Crippen molar-refractivity contribution in [2.24, 2.45) is 0 Å². The Hall–Kier alpha value is -9.12. The maximum Gasteiger partial charge on any atom is 0.166 e. The highest BCUT2D eigenvalue weighted by Crippen LogP contribution is 2.44. The molecule has 0 saturated heterocycles. The lowest BCUT2D eigenvalue weighted by molar-refractivity contribution is 1.06. The molecule has 0 aliphatic heterocycles. The number of hydrogen-bond acceptors (Lipinski definition) is 4. The average molecular weight is 830 g/mol. The van der Waals surface area contributed by atoms with Gasteiger partial charge in [0.15, 0.2) is 17.5 Å². The first-order chi connectivity index (χ1) is 32.2. The Kier molecular flexibility index (Phi) is 8.14. The first-order valence-corrected chi connectivity index (χ1v) is 21.7. The molecule has 0 radical (unpaired) electrons. The van der Waals surface area contributed by atoms with Gasteiger partial charge in [-0.25, -0.2) is 15.0 Å². The van der Waals surface area contributed by atoms with Crippen LogP contribution in [0.3, 0.4) is 0 Å².